The first-order chi connectivity index (χ1) is 13.7. The molecule has 4 rings (SSSR count). The molecule has 1 heterocycles. The Labute approximate surface area is 169 Å². The van der Waals surface area contributed by atoms with Gasteiger partial charge in [0.2, 0.25) is 0 Å². The average molecular weight is 393 g/mol. The normalized spacial score (nSPS) is 14.3. The minimum absolute atomic E-state index is 0.169. The van der Waals surface area contributed by atoms with Crippen LogP contribution in [-0.4, -0.2) is 17.4 Å². The van der Waals surface area contributed by atoms with E-state index < -0.39 is 0 Å². The molecule has 2 aromatic carbocycles. The Morgan fingerprint density at radius 2 is 1.79 bits per heavy atom. The molecule has 0 aliphatic heterocycles. The number of carbonyl (C=O) groups is 1. The van der Waals surface area contributed by atoms with Crippen molar-refractivity contribution in [2.45, 2.75) is 24.1 Å². The van der Waals surface area contributed by atoms with Crippen molar-refractivity contribution in [3.63, 3.8) is 0 Å². The van der Waals surface area contributed by atoms with Crippen molar-refractivity contribution in [3.8, 4) is 11.5 Å². The number of aromatic nitrogens is 1. The highest BCUT2D eigenvalue weighted by atomic mass is 35.5. The number of hydrogen-bond acceptors (Lipinski definition) is 3. The molecule has 1 N–H and O–H groups in total. The lowest BCUT2D eigenvalue weighted by Crippen LogP contribution is -2.26. The van der Waals surface area contributed by atoms with Crippen LogP contribution < -0.4 is 10.1 Å². The lowest BCUT2D eigenvalue weighted by Gasteiger charge is -2.13. The van der Waals surface area contributed by atoms with E-state index in [-0.39, 0.29) is 11.3 Å². The van der Waals surface area contributed by atoms with Crippen molar-refractivity contribution in [3.05, 3.63) is 89.7 Å². The fourth-order valence-corrected chi connectivity index (χ4v) is 3.28. The monoisotopic (exact) mass is 392 g/mol. The lowest BCUT2D eigenvalue weighted by atomic mass is 10.1. The summed E-state index contributed by atoms with van der Waals surface area (Å²) in [5.74, 6) is 2.08. The molecular weight excluding hydrogens is 372 g/mol. The van der Waals surface area contributed by atoms with Crippen LogP contribution in [0.15, 0.2) is 73.1 Å². The number of amides is 1. The first-order valence-corrected chi connectivity index (χ1v) is 9.83. The second-order valence-electron chi connectivity index (χ2n) is 6.93. The smallest absolute Gasteiger partial charge is 0.251 e. The maximum absolute atomic E-state index is 12.2. The molecule has 28 heavy (non-hydrogen) atoms. The minimum Gasteiger partial charge on any atom is -0.457 e. The number of nitrogens with one attached hydrogen (secondary N) is 1. The van der Waals surface area contributed by atoms with E-state index >= 15 is 0 Å². The molecule has 0 radical (unpaired) electrons. The summed E-state index contributed by atoms with van der Waals surface area (Å²) < 4.78 is 6.03. The number of halogens is 1. The van der Waals surface area contributed by atoms with Crippen LogP contribution in [0.5, 0.6) is 11.5 Å². The summed E-state index contributed by atoms with van der Waals surface area (Å²) in [5, 5.41) is 2.50. The van der Waals surface area contributed by atoms with E-state index in [1.165, 1.54) is 18.4 Å². The van der Waals surface area contributed by atoms with Crippen LogP contribution in [0.1, 0.15) is 45.6 Å². The van der Waals surface area contributed by atoms with Gasteiger partial charge in [-0.1, -0.05) is 24.3 Å². The molecule has 0 bridgehead atoms. The van der Waals surface area contributed by atoms with Gasteiger partial charge in [0.15, 0.2) is 0 Å². The van der Waals surface area contributed by atoms with Gasteiger partial charge >= 0.3 is 0 Å². The van der Waals surface area contributed by atoms with Crippen molar-refractivity contribution >= 4 is 17.5 Å². The molecule has 1 saturated carbocycles. The molecule has 1 atom stereocenters. The van der Waals surface area contributed by atoms with Gasteiger partial charge in [-0.15, -0.1) is 11.6 Å². The van der Waals surface area contributed by atoms with Gasteiger partial charge in [0.05, 0.1) is 5.38 Å². The summed E-state index contributed by atoms with van der Waals surface area (Å²) in [6, 6.07) is 19.3. The van der Waals surface area contributed by atoms with Gasteiger partial charge in [-0.05, 0) is 66.3 Å². The lowest BCUT2D eigenvalue weighted by molar-refractivity contribution is 0.0953. The summed E-state index contributed by atoms with van der Waals surface area (Å²) in [6.07, 6.45) is 5.70. The van der Waals surface area contributed by atoms with Crippen LogP contribution in [0, 0.1) is 0 Å². The molecule has 1 aliphatic rings. The Kier molecular flexibility index (Phi) is 5.58. The number of hydrogen-bond donors (Lipinski definition) is 1. The molecule has 5 heteroatoms. The number of alkyl halides is 1. The van der Waals surface area contributed by atoms with E-state index in [0.29, 0.717) is 18.0 Å². The van der Waals surface area contributed by atoms with Crippen LogP contribution >= 0.6 is 11.6 Å². The summed E-state index contributed by atoms with van der Waals surface area (Å²) in [7, 11) is 0. The van der Waals surface area contributed by atoms with E-state index in [9.17, 15) is 4.79 Å². The summed E-state index contributed by atoms with van der Waals surface area (Å²) in [4.78, 5) is 16.1. The fourth-order valence-electron chi connectivity index (χ4n) is 3.06. The fraction of sp³-hybridized carbons (Fsp3) is 0.217. The van der Waals surface area contributed by atoms with E-state index in [0.717, 1.165) is 17.1 Å². The summed E-state index contributed by atoms with van der Waals surface area (Å²) >= 11 is 6.51. The molecule has 3 aromatic rings. The zero-order valence-electron chi connectivity index (χ0n) is 15.3. The molecule has 1 fully saturated rings. The van der Waals surface area contributed by atoms with Gasteiger partial charge in [0.25, 0.3) is 5.91 Å². The molecule has 1 amide bonds. The molecular formula is C23H21ClN2O2. The van der Waals surface area contributed by atoms with Gasteiger partial charge in [0, 0.05) is 24.5 Å². The van der Waals surface area contributed by atoms with Crippen molar-refractivity contribution in [2.75, 3.05) is 6.54 Å². The van der Waals surface area contributed by atoms with Gasteiger partial charge in [-0.25, -0.2) is 0 Å². The summed E-state index contributed by atoms with van der Waals surface area (Å²) in [6.45, 7) is 0.323. The van der Waals surface area contributed by atoms with Crippen LogP contribution in [-0.2, 0) is 0 Å². The second-order valence-corrected chi connectivity index (χ2v) is 7.46. The van der Waals surface area contributed by atoms with Gasteiger partial charge < -0.3 is 10.1 Å². The molecule has 0 saturated heterocycles. The summed E-state index contributed by atoms with van der Waals surface area (Å²) in [5.41, 5.74) is 2.79. The number of pyridine rings is 1. The van der Waals surface area contributed by atoms with Crippen molar-refractivity contribution in [1.29, 1.82) is 0 Å². The Bertz CT molecular complexity index is 958. The Balaban J connectivity index is 1.38. The molecule has 142 valence electrons. The first kappa shape index (κ1) is 18.5. The Hall–Kier alpha value is -2.85. The van der Waals surface area contributed by atoms with E-state index in [1.54, 1.807) is 24.5 Å². The zero-order valence-corrected chi connectivity index (χ0v) is 16.1. The third kappa shape index (κ3) is 4.70. The number of carbonyl (C=O) groups excluding carboxylic acids is 1. The van der Waals surface area contributed by atoms with Crippen LogP contribution in [0.25, 0.3) is 0 Å². The second kappa shape index (κ2) is 8.44. The quantitative estimate of drug-likeness (QED) is 0.543. The predicted molar refractivity (Wildman–Crippen MR) is 110 cm³/mol. The standard InChI is InChI=1S/C23H21ClN2O2/c24-22(15-26-23(27)17-9-11-25-12-10-17)19-4-2-6-21(14-19)28-20-5-1-3-18(13-20)16-7-8-16/h1-6,9-14,16,22H,7-8,15H2,(H,26,27). The molecule has 4 nitrogen and oxygen atoms in total. The average Bonchev–Trinajstić information content (AvgIpc) is 3.58. The maximum Gasteiger partial charge on any atom is 0.251 e. The third-order valence-electron chi connectivity index (χ3n) is 4.75. The number of ether oxygens (including phenoxy) is 1. The van der Waals surface area contributed by atoms with E-state index in [4.69, 9.17) is 16.3 Å². The SMILES string of the molecule is O=C(NCC(Cl)c1cccc(Oc2cccc(C3CC3)c2)c1)c1ccncc1. The van der Waals surface area contributed by atoms with Crippen LogP contribution in [0.3, 0.4) is 0 Å². The van der Waals surface area contributed by atoms with Gasteiger partial charge in [0.1, 0.15) is 11.5 Å². The van der Waals surface area contributed by atoms with Crippen molar-refractivity contribution < 1.29 is 9.53 Å². The maximum atomic E-state index is 12.2. The number of nitrogens with zero attached hydrogens (tertiary/aromatic N) is 1. The van der Waals surface area contributed by atoms with Crippen LogP contribution in [0.2, 0.25) is 0 Å². The molecule has 0 spiro atoms. The van der Waals surface area contributed by atoms with Crippen molar-refractivity contribution in [2.24, 2.45) is 0 Å². The number of benzene rings is 2. The highest BCUT2D eigenvalue weighted by Gasteiger charge is 2.23. The first-order valence-electron chi connectivity index (χ1n) is 9.39. The van der Waals surface area contributed by atoms with Gasteiger partial charge in [-0.3, -0.25) is 9.78 Å². The largest absolute Gasteiger partial charge is 0.457 e. The predicted octanol–water partition coefficient (Wildman–Crippen LogP) is 5.46. The molecule has 1 aromatic heterocycles. The van der Waals surface area contributed by atoms with Gasteiger partial charge in [-0.2, -0.15) is 0 Å². The van der Waals surface area contributed by atoms with E-state index in [2.05, 4.69) is 22.4 Å². The number of rotatable bonds is 7. The molecule has 1 unspecified atom stereocenters. The Morgan fingerprint density at radius 1 is 1.07 bits per heavy atom. The highest BCUT2D eigenvalue weighted by molar-refractivity contribution is 6.21. The topological polar surface area (TPSA) is 51.2 Å². The Morgan fingerprint density at radius 3 is 2.54 bits per heavy atom. The van der Waals surface area contributed by atoms with Crippen molar-refractivity contribution in [1.82, 2.24) is 10.3 Å². The molecule has 1 aliphatic carbocycles. The minimum atomic E-state index is -0.355. The highest BCUT2D eigenvalue weighted by Crippen LogP contribution is 2.41. The third-order valence-corrected chi connectivity index (χ3v) is 5.15. The zero-order chi connectivity index (χ0) is 19.3. The van der Waals surface area contributed by atoms with E-state index in [1.807, 2.05) is 36.4 Å². The van der Waals surface area contributed by atoms with Crippen LogP contribution in [0.4, 0.5) is 0 Å².